The van der Waals surface area contributed by atoms with E-state index in [1.807, 2.05) is 0 Å². The smallest absolute Gasteiger partial charge is 0.387 e. The van der Waals surface area contributed by atoms with Crippen LogP contribution in [0.4, 0.5) is 0 Å². The molecule has 0 aromatic heterocycles. The highest BCUT2D eigenvalue weighted by Crippen LogP contribution is 2.44. The van der Waals surface area contributed by atoms with Crippen molar-refractivity contribution in [3.05, 3.63) is 0 Å². The van der Waals surface area contributed by atoms with Gasteiger partial charge in [-0.25, -0.2) is 4.57 Å². The first kappa shape index (κ1) is 29.9. The van der Waals surface area contributed by atoms with Gasteiger partial charge in [0.2, 0.25) is 0 Å². The fourth-order valence-corrected chi connectivity index (χ4v) is 4.52. The predicted molar refractivity (Wildman–Crippen MR) is 121 cm³/mol. The third-order valence-electron chi connectivity index (χ3n) is 5.84. The Morgan fingerprint density at radius 2 is 1.16 bits per heavy atom. The SMILES string of the molecule is CCCCCCCCCCCCCCCCOP(=O)(O)OC[C@H]1OC(O)[C@@H](O)[C@@H](O)[C@@H]1O. The number of phosphoric ester groups is 1. The average Bonchev–Trinajstić information content (AvgIpc) is 2.76. The van der Waals surface area contributed by atoms with Crippen molar-refractivity contribution in [2.75, 3.05) is 13.2 Å². The highest BCUT2D eigenvalue weighted by Gasteiger charge is 2.43. The first-order valence-electron chi connectivity index (χ1n) is 12.3. The molecule has 0 radical (unpaired) electrons. The summed E-state index contributed by atoms with van der Waals surface area (Å²) in [6.07, 6.45) is 9.06. The standard InChI is InChI=1S/C22H45O9P/c1-2-3-4-5-6-7-8-9-10-11-12-13-14-15-16-29-32(27,28)30-17-18-19(23)20(24)21(25)22(26)31-18/h18-26H,2-17H2,1H3,(H,27,28)/t18-,19-,20+,21+,22?/m1/s1. The van der Waals surface area contributed by atoms with Crippen LogP contribution in [-0.4, -0.2) is 69.2 Å². The summed E-state index contributed by atoms with van der Waals surface area (Å²) >= 11 is 0. The second-order valence-electron chi connectivity index (χ2n) is 8.73. The summed E-state index contributed by atoms with van der Waals surface area (Å²) in [6, 6.07) is 0. The van der Waals surface area contributed by atoms with E-state index >= 15 is 0 Å². The van der Waals surface area contributed by atoms with E-state index in [0.29, 0.717) is 6.42 Å². The Balaban J connectivity index is 1.97. The molecule has 192 valence electrons. The summed E-state index contributed by atoms with van der Waals surface area (Å²) in [5.74, 6) is 0. The maximum atomic E-state index is 11.9. The summed E-state index contributed by atoms with van der Waals surface area (Å²) in [5, 5.41) is 38.3. The van der Waals surface area contributed by atoms with Gasteiger partial charge in [-0.15, -0.1) is 0 Å². The van der Waals surface area contributed by atoms with Crippen LogP contribution in [0.5, 0.6) is 0 Å². The van der Waals surface area contributed by atoms with Crippen molar-refractivity contribution in [3.63, 3.8) is 0 Å². The second-order valence-corrected chi connectivity index (χ2v) is 10.2. The third-order valence-corrected chi connectivity index (χ3v) is 6.83. The largest absolute Gasteiger partial charge is 0.472 e. The maximum absolute atomic E-state index is 11.9. The van der Waals surface area contributed by atoms with Gasteiger partial charge in [-0.3, -0.25) is 9.05 Å². The van der Waals surface area contributed by atoms with Crippen LogP contribution in [0.1, 0.15) is 96.8 Å². The Kier molecular flexibility index (Phi) is 16.2. The zero-order chi connectivity index (χ0) is 23.8. The molecule has 10 heteroatoms. The van der Waals surface area contributed by atoms with Crippen molar-refractivity contribution in [3.8, 4) is 0 Å². The van der Waals surface area contributed by atoms with E-state index in [1.54, 1.807) is 0 Å². The van der Waals surface area contributed by atoms with Crippen molar-refractivity contribution < 1.29 is 43.7 Å². The molecule has 0 bridgehead atoms. The van der Waals surface area contributed by atoms with Gasteiger partial charge in [0.15, 0.2) is 6.29 Å². The summed E-state index contributed by atoms with van der Waals surface area (Å²) in [7, 11) is -4.34. The zero-order valence-corrected chi connectivity index (χ0v) is 20.4. The van der Waals surface area contributed by atoms with Crippen molar-refractivity contribution in [2.24, 2.45) is 0 Å². The number of rotatable bonds is 19. The summed E-state index contributed by atoms with van der Waals surface area (Å²) < 4.78 is 26.5. The van der Waals surface area contributed by atoms with Crippen molar-refractivity contribution >= 4 is 7.82 Å². The summed E-state index contributed by atoms with van der Waals surface area (Å²) in [4.78, 5) is 9.72. The average molecular weight is 485 g/mol. The lowest BCUT2D eigenvalue weighted by atomic mass is 10.00. The second kappa shape index (κ2) is 17.4. The molecule has 1 rings (SSSR count). The number of aliphatic hydroxyl groups is 4. The molecule has 9 nitrogen and oxygen atoms in total. The Labute approximate surface area is 192 Å². The quantitative estimate of drug-likeness (QED) is 0.137. The minimum Gasteiger partial charge on any atom is -0.387 e. The third kappa shape index (κ3) is 13.0. The van der Waals surface area contributed by atoms with Crippen LogP contribution in [-0.2, 0) is 18.3 Å². The highest BCUT2D eigenvalue weighted by molar-refractivity contribution is 7.47. The Hall–Kier alpha value is -0.0900. The number of aliphatic hydroxyl groups excluding tert-OH is 4. The lowest BCUT2D eigenvalue weighted by Crippen LogP contribution is -2.58. The van der Waals surface area contributed by atoms with E-state index in [-0.39, 0.29) is 6.61 Å². The van der Waals surface area contributed by atoms with Crippen LogP contribution < -0.4 is 0 Å². The van der Waals surface area contributed by atoms with Gasteiger partial charge in [0, 0.05) is 0 Å². The van der Waals surface area contributed by atoms with Gasteiger partial charge in [0.25, 0.3) is 0 Å². The Morgan fingerprint density at radius 3 is 1.66 bits per heavy atom. The first-order valence-corrected chi connectivity index (χ1v) is 13.8. The van der Waals surface area contributed by atoms with Crippen LogP contribution >= 0.6 is 7.82 Å². The molecule has 1 aliphatic rings. The normalized spacial score (nSPS) is 28.0. The van der Waals surface area contributed by atoms with Gasteiger partial charge in [0.1, 0.15) is 24.4 Å². The van der Waals surface area contributed by atoms with Gasteiger partial charge in [0.05, 0.1) is 13.2 Å². The minimum atomic E-state index is -4.34. The summed E-state index contributed by atoms with van der Waals surface area (Å²) in [5.41, 5.74) is 0. The Bertz CT molecular complexity index is 508. The molecule has 0 aromatic rings. The van der Waals surface area contributed by atoms with Gasteiger partial charge >= 0.3 is 7.82 Å². The molecule has 32 heavy (non-hydrogen) atoms. The fourth-order valence-electron chi connectivity index (χ4n) is 3.75. The van der Waals surface area contributed by atoms with Crippen molar-refractivity contribution in [1.29, 1.82) is 0 Å². The topological polar surface area (TPSA) is 146 Å². The van der Waals surface area contributed by atoms with E-state index in [4.69, 9.17) is 13.8 Å². The lowest BCUT2D eigenvalue weighted by molar-refractivity contribution is -0.285. The molecule has 1 aliphatic heterocycles. The van der Waals surface area contributed by atoms with Gasteiger partial charge in [-0.1, -0.05) is 90.4 Å². The molecular weight excluding hydrogens is 439 g/mol. The van der Waals surface area contributed by atoms with Crippen LogP contribution in [0.2, 0.25) is 0 Å². The predicted octanol–water partition coefficient (Wildman–Crippen LogP) is 3.40. The van der Waals surface area contributed by atoms with Crippen LogP contribution in [0.15, 0.2) is 0 Å². The molecule has 0 aliphatic carbocycles. The number of phosphoric acid groups is 1. The lowest BCUT2D eigenvalue weighted by Gasteiger charge is -2.38. The van der Waals surface area contributed by atoms with E-state index in [2.05, 4.69) is 6.92 Å². The van der Waals surface area contributed by atoms with Crippen molar-refractivity contribution in [2.45, 2.75) is 128 Å². The monoisotopic (exact) mass is 484 g/mol. The number of unbranched alkanes of at least 4 members (excludes halogenated alkanes) is 13. The van der Waals surface area contributed by atoms with Gasteiger partial charge < -0.3 is 30.1 Å². The van der Waals surface area contributed by atoms with Crippen molar-refractivity contribution in [1.82, 2.24) is 0 Å². The Morgan fingerprint density at radius 1 is 0.688 bits per heavy atom. The molecular formula is C22H45O9P. The van der Waals surface area contributed by atoms with E-state index in [0.717, 1.165) is 19.3 Å². The van der Waals surface area contributed by atoms with Crippen LogP contribution in [0.3, 0.4) is 0 Å². The molecule has 5 N–H and O–H groups in total. The molecule has 0 amide bonds. The fraction of sp³-hybridized carbons (Fsp3) is 1.00. The summed E-state index contributed by atoms with van der Waals surface area (Å²) in [6.45, 7) is 1.74. The van der Waals surface area contributed by atoms with E-state index in [9.17, 15) is 29.9 Å². The maximum Gasteiger partial charge on any atom is 0.472 e. The van der Waals surface area contributed by atoms with Crippen LogP contribution in [0, 0.1) is 0 Å². The molecule has 1 heterocycles. The molecule has 6 atom stereocenters. The zero-order valence-electron chi connectivity index (χ0n) is 19.5. The molecule has 2 unspecified atom stereocenters. The highest BCUT2D eigenvalue weighted by atomic mass is 31.2. The molecule has 0 spiro atoms. The molecule has 1 saturated heterocycles. The number of hydrogen-bond donors (Lipinski definition) is 5. The van der Waals surface area contributed by atoms with Crippen LogP contribution in [0.25, 0.3) is 0 Å². The van der Waals surface area contributed by atoms with Gasteiger partial charge in [-0.2, -0.15) is 0 Å². The number of ether oxygens (including phenoxy) is 1. The molecule has 0 saturated carbocycles. The van der Waals surface area contributed by atoms with E-state index < -0.39 is 45.1 Å². The molecule has 1 fully saturated rings. The first-order chi connectivity index (χ1) is 15.3. The molecule has 0 aromatic carbocycles. The van der Waals surface area contributed by atoms with Gasteiger partial charge in [-0.05, 0) is 6.42 Å². The number of hydrogen-bond acceptors (Lipinski definition) is 8. The minimum absolute atomic E-state index is 0.0733. The van der Waals surface area contributed by atoms with E-state index in [1.165, 1.54) is 64.2 Å².